The van der Waals surface area contributed by atoms with E-state index in [2.05, 4.69) is 27.7 Å². The number of hydrogen-bond donors (Lipinski definition) is 2. The third kappa shape index (κ3) is 4.84. The maximum absolute atomic E-state index is 11.9. The fourth-order valence-corrected chi connectivity index (χ4v) is 2.70. The molecule has 1 aliphatic rings. The fraction of sp³-hybridized carbons (Fsp3) is 0.389. The highest BCUT2D eigenvalue weighted by Gasteiger charge is 2.13. The molecule has 128 valence electrons. The van der Waals surface area contributed by atoms with Crippen molar-refractivity contribution in [1.82, 2.24) is 15.5 Å². The lowest BCUT2D eigenvalue weighted by Gasteiger charge is -2.27. The highest BCUT2D eigenvalue weighted by molar-refractivity contribution is 5.73. The van der Waals surface area contributed by atoms with E-state index in [0.29, 0.717) is 13.1 Å². The highest BCUT2D eigenvalue weighted by atomic mass is 16.5. The molecule has 24 heavy (non-hydrogen) atoms. The van der Waals surface area contributed by atoms with Gasteiger partial charge in [0.25, 0.3) is 0 Å². The zero-order chi connectivity index (χ0) is 16.6. The average Bonchev–Trinajstić information content (AvgIpc) is 3.14. The first-order chi connectivity index (χ1) is 11.8. The maximum Gasteiger partial charge on any atom is 0.315 e. The zero-order valence-electron chi connectivity index (χ0n) is 13.7. The summed E-state index contributed by atoms with van der Waals surface area (Å²) in [7, 11) is 0. The number of ether oxygens (including phenoxy) is 1. The largest absolute Gasteiger partial charge is 0.467 e. The molecular weight excluding hydrogens is 306 g/mol. The number of hydrogen-bond acceptors (Lipinski definition) is 4. The van der Waals surface area contributed by atoms with E-state index in [1.54, 1.807) is 12.3 Å². The Bertz CT molecular complexity index is 637. The number of benzene rings is 1. The van der Waals surface area contributed by atoms with Crippen molar-refractivity contribution in [3.8, 4) is 0 Å². The van der Waals surface area contributed by atoms with Gasteiger partial charge in [-0.25, -0.2) is 4.79 Å². The molecule has 1 aromatic heterocycles. The summed E-state index contributed by atoms with van der Waals surface area (Å²) in [5.74, 6) is 0.734. The van der Waals surface area contributed by atoms with Crippen molar-refractivity contribution in [2.75, 3.05) is 26.3 Å². The first-order valence-corrected chi connectivity index (χ1v) is 8.22. The molecule has 6 heteroatoms. The molecule has 0 unspecified atom stereocenters. The second-order valence-electron chi connectivity index (χ2n) is 5.77. The van der Waals surface area contributed by atoms with Crippen LogP contribution < -0.4 is 10.6 Å². The van der Waals surface area contributed by atoms with E-state index >= 15 is 0 Å². The molecule has 0 radical (unpaired) electrons. The summed E-state index contributed by atoms with van der Waals surface area (Å²) in [6, 6.07) is 11.6. The van der Waals surface area contributed by atoms with Crippen LogP contribution in [0.4, 0.5) is 4.79 Å². The Kier molecular flexibility index (Phi) is 5.87. The molecule has 2 heterocycles. The molecule has 0 aliphatic carbocycles. The predicted molar refractivity (Wildman–Crippen MR) is 90.3 cm³/mol. The van der Waals surface area contributed by atoms with Crippen LogP contribution in [0, 0.1) is 0 Å². The van der Waals surface area contributed by atoms with Crippen LogP contribution in [0.5, 0.6) is 0 Å². The van der Waals surface area contributed by atoms with E-state index in [4.69, 9.17) is 9.15 Å². The fourth-order valence-electron chi connectivity index (χ4n) is 2.70. The van der Waals surface area contributed by atoms with Crippen molar-refractivity contribution >= 4 is 6.03 Å². The molecule has 2 amide bonds. The molecular formula is C18H23N3O3. The quantitative estimate of drug-likeness (QED) is 0.852. The van der Waals surface area contributed by atoms with Crippen LogP contribution in [0.25, 0.3) is 0 Å². The Morgan fingerprint density at radius 3 is 2.50 bits per heavy atom. The first-order valence-electron chi connectivity index (χ1n) is 8.22. The molecule has 2 aromatic rings. The Morgan fingerprint density at radius 2 is 1.75 bits per heavy atom. The predicted octanol–water partition coefficient (Wildman–Crippen LogP) is 2.11. The number of furan rings is 1. The molecule has 3 rings (SSSR count). The van der Waals surface area contributed by atoms with Crippen LogP contribution >= 0.6 is 0 Å². The minimum atomic E-state index is -0.201. The molecule has 2 N–H and O–H groups in total. The van der Waals surface area contributed by atoms with Gasteiger partial charge in [-0.1, -0.05) is 24.3 Å². The van der Waals surface area contributed by atoms with Crippen molar-refractivity contribution < 1.29 is 13.9 Å². The van der Waals surface area contributed by atoms with Gasteiger partial charge in [0, 0.05) is 26.2 Å². The van der Waals surface area contributed by atoms with Gasteiger partial charge in [-0.3, -0.25) is 4.90 Å². The van der Waals surface area contributed by atoms with Crippen molar-refractivity contribution in [3.05, 3.63) is 59.5 Å². The van der Waals surface area contributed by atoms with Crippen molar-refractivity contribution in [2.24, 2.45) is 0 Å². The van der Waals surface area contributed by atoms with Gasteiger partial charge in [-0.15, -0.1) is 0 Å². The average molecular weight is 329 g/mol. The lowest BCUT2D eigenvalue weighted by atomic mass is 10.1. The van der Waals surface area contributed by atoms with Crippen LogP contribution in [0.15, 0.2) is 47.1 Å². The summed E-state index contributed by atoms with van der Waals surface area (Å²) in [6.07, 6.45) is 1.59. The van der Waals surface area contributed by atoms with Crippen LogP contribution in [-0.2, 0) is 24.4 Å². The summed E-state index contributed by atoms with van der Waals surface area (Å²) in [6.45, 7) is 5.25. The maximum atomic E-state index is 11.9. The van der Waals surface area contributed by atoms with Gasteiger partial charge in [0.05, 0.1) is 26.0 Å². The molecule has 1 aromatic carbocycles. The number of nitrogens with zero attached hydrogens (tertiary/aromatic N) is 1. The van der Waals surface area contributed by atoms with Crippen LogP contribution in [0.1, 0.15) is 16.9 Å². The third-order valence-corrected chi connectivity index (χ3v) is 4.06. The standard InChI is InChI=1S/C18H23N3O3/c22-18(20-13-17-6-3-9-24-17)19-12-15-4-1-2-5-16(15)14-21-7-10-23-11-8-21/h1-6,9H,7-8,10-14H2,(H2,19,20,22). The molecule has 0 atom stereocenters. The third-order valence-electron chi connectivity index (χ3n) is 4.06. The summed E-state index contributed by atoms with van der Waals surface area (Å²) in [5, 5.41) is 5.69. The van der Waals surface area contributed by atoms with Crippen molar-refractivity contribution in [1.29, 1.82) is 0 Å². The van der Waals surface area contributed by atoms with Gasteiger partial charge >= 0.3 is 6.03 Å². The van der Waals surface area contributed by atoms with Crippen molar-refractivity contribution in [3.63, 3.8) is 0 Å². The van der Waals surface area contributed by atoms with E-state index in [-0.39, 0.29) is 6.03 Å². The summed E-state index contributed by atoms with van der Waals surface area (Å²) < 4.78 is 10.6. The summed E-state index contributed by atoms with van der Waals surface area (Å²) in [4.78, 5) is 14.3. The number of carbonyl (C=O) groups is 1. The van der Waals surface area contributed by atoms with Crippen molar-refractivity contribution in [2.45, 2.75) is 19.6 Å². The highest BCUT2D eigenvalue weighted by Crippen LogP contribution is 2.13. The van der Waals surface area contributed by atoms with E-state index in [1.165, 1.54) is 5.56 Å². The lowest BCUT2D eigenvalue weighted by Crippen LogP contribution is -2.37. The molecule has 1 aliphatic heterocycles. The first kappa shape index (κ1) is 16.5. The van der Waals surface area contributed by atoms with Gasteiger partial charge in [0.1, 0.15) is 5.76 Å². The van der Waals surface area contributed by atoms with Gasteiger partial charge < -0.3 is 19.8 Å². The zero-order valence-corrected chi connectivity index (χ0v) is 13.7. The summed E-state index contributed by atoms with van der Waals surface area (Å²) >= 11 is 0. The van der Waals surface area contributed by atoms with E-state index < -0.39 is 0 Å². The van der Waals surface area contributed by atoms with E-state index in [0.717, 1.165) is 44.2 Å². The van der Waals surface area contributed by atoms with Crippen LogP contribution in [0.2, 0.25) is 0 Å². The van der Waals surface area contributed by atoms with Gasteiger partial charge in [-0.2, -0.15) is 0 Å². The topological polar surface area (TPSA) is 66.7 Å². The molecule has 0 spiro atoms. The molecule has 1 saturated heterocycles. The smallest absolute Gasteiger partial charge is 0.315 e. The Balaban J connectivity index is 1.49. The molecule has 0 saturated carbocycles. The number of urea groups is 1. The molecule has 1 fully saturated rings. The van der Waals surface area contributed by atoms with E-state index in [9.17, 15) is 4.79 Å². The van der Waals surface area contributed by atoms with E-state index in [1.807, 2.05) is 18.2 Å². The number of nitrogens with one attached hydrogen (secondary N) is 2. The Hall–Kier alpha value is -2.31. The minimum absolute atomic E-state index is 0.201. The molecule has 0 bridgehead atoms. The van der Waals surface area contributed by atoms with Crippen LogP contribution in [0.3, 0.4) is 0 Å². The number of amides is 2. The Morgan fingerprint density at radius 1 is 1.00 bits per heavy atom. The monoisotopic (exact) mass is 329 g/mol. The second kappa shape index (κ2) is 8.52. The lowest BCUT2D eigenvalue weighted by molar-refractivity contribution is 0.0341. The number of rotatable bonds is 6. The number of morpholine rings is 1. The van der Waals surface area contributed by atoms with Crippen LogP contribution in [-0.4, -0.2) is 37.2 Å². The number of carbonyl (C=O) groups excluding carboxylic acids is 1. The Labute approximate surface area is 141 Å². The second-order valence-corrected chi connectivity index (χ2v) is 5.77. The minimum Gasteiger partial charge on any atom is -0.467 e. The van der Waals surface area contributed by atoms with Gasteiger partial charge in [-0.05, 0) is 23.3 Å². The SMILES string of the molecule is O=C(NCc1ccco1)NCc1ccccc1CN1CCOCC1. The summed E-state index contributed by atoms with van der Waals surface area (Å²) in [5.41, 5.74) is 2.38. The van der Waals surface area contributed by atoms with Gasteiger partial charge in [0.2, 0.25) is 0 Å². The normalized spacial score (nSPS) is 15.2. The van der Waals surface area contributed by atoms with Gasteiger partial charge in [0.15, 0.2) is 0 Å². The molecule has 6 nitrogen and oxygen atoms in total.